The van der Waals surface area contributed by atoms with Crippen molar-refractivity contribution in [3.05, 3.63) is 0 Å². The Balaban J connectivity index is 1.92. The molecule has 0 aromatic rings. The minimum atomic E-state index is -0.803. The van der Waals surface area contributed by atoms with Crippen LogP contribution in [-0.2, 0) is 4.79 Å². The Morgan fingerprint density at radius 2 is 2.00 bits per heavy atom. The fourth-order valence-electron chi connectivity index (χ4n) is 3.13. The predicted octanol–water partition coefficient (Wildman–Crippen LogP) is 0.606. The van der Waals surface area contributed by atoms with Crippen LogP contribution in [0.3, 0.4) is 0 Å². The molecular weight excluding hydrogens is 248 g/mol. The van der Waals surface area contributed by atoms with E-state index in [2.05, 4.69) is 0 Å². The first-order valence-electron chi connectivity index (χ1n) is 6.91. The third kappa shape index (κ3) is 3.00. The fraction of sp³-hybridized carbons (Fsp3) is 0.846. The van der Waals surface area contributed by atoms with Gasteiger partial charge in [0.15, 0.2) is 0 Å². The van der Waals surface area contributed by atoms with Crippen molar-refractivity contribution >= 4 is 12.0 Å². The van der Waals surface area contributed by atoms with E-state index in [1.165, 1.54) is 0 Å². The van der Waals surface area contributed by atoms with Crippen molar-refractivity contribution in [1.82, 2.24) is 9.80 Å². The molecule has 0 aromatic heterocycles. The average Bonchev–Trinajstić information content (AvgIpc) is 2.94. The smallest absolute Gasteiger partial charge is 0.320 e. The Morgan fingerprint density at radius 3 is 2.63 bits per heavy atom. The molecule has 2 aliphatic rings. The lowest BCUT2D eigenvalue weighted by Gasteiger charge is -2.29. The Hall–Kier alpha value is -1.30. The zero-order valence-electron chi connectivity index (χ0n) is 11.3. The highest BCUT2D eigenvalue weighted by Crippen LogP contribution is 2.27. The molecule has 3 unspecified atom stereocenters. The SMILES string of the molecule is CC1CCN(C(=O)N2CCC(CC(=O)O)C2)C1CO. The van der Waals surface area contributed by atoms with E-state index in [1.807, 2.05) is 6.92 Å². The molecule has 2 fully saturated rings. The van der Waals surface area contributed by atoms with Crippen LogP contribution in [0.5, 0.6) is 0 Å². The van der Waals surface area contributed by atoms with Gasteiger partial charge in [-0.25, -0.2) is 4.79 Å². The number of aliphatic hydroxyl groups is 1. The van der Waals surface area contributed by atoms with E-state index < -0.39 is 5.97 Å². The standard InChI is InChI=1S/C13H22N2O4/c1-9-2-5-15(11(9)8-16)13(19)14-4-3-10(7-14)6-12(17)18/h9-11,16H,2-8H2,1H3,(H,17,18). The molecule has 0 bridgehead atoms. The number of carbonyl (C=O) groups is 2. The monoisotopic (exact) mass is 270 g/mol. The van der Waals surface area contributed by atoms with Crippen molar-refractivity contribution in [1.29, 1.82) is 0 Å². The van der Waals surface area contributed by atoms with E-state index in [0.29, 0.717) is 25.6 Å². The second kappa shape index (κ2) is 5.77. The molecular formula is C13H22N2O4. The maximum absolute atomic E-state index is 12.4. The molecule has 0 aromatic carbocycles. The van der Waals surface area contributed by atoms with Gasteiger partial charge < -0.3 is 20.0 Å². The highest BCUT2D eigenvalue weighted by Gasteiger charge is 2.38. The summed E-state index contributed by atoms with van der Waals surface area (Å²) in [4.78, 5) is 26.5. The van der Waals surface area contributed by atoms with Gasteiger partial charge in [-0.1, -0.05) is 6.92 Å². The topological polar surface area (TPSA) is 81.1 Å². The molecule has 6 heteroatoms. The molecule has 2 N–H and O–H groups in total. The van der Waals surface area contributed by atoms with Crippen LogP contribution < -0.4 is 0 Å². The third-order valence-corrected chi connectivity index (χ3v) is 4.33. The number of hydrogen-bond donors (Lipinski definition) is 2. The van der Waals surface area contributed by atoms with Crippen LogP contribution in [0.4, 0.5) is 4.79 Å². The van der Waals surface area contributed by atoms with Crippen molar-refractivity contribution in [3.63, 3.8) is 0 Å². The Kier molecular flexibility index (Phi) is 4.29. The zero-order chi connectivity index (χ0) is 14.0. The van der Waals surface area contributed by atoms with E-state index >= 15 is 0 Å². The molecule has 2 aliphatic heterocycles. The van der Waals surface area contributed by atoms with Crippen molar-refractivity contribution in [2.45, 2.75) is 32.2 Å². The van der Waals surface area contributed by atoms with Gasteiger partial charge in [-0.15, -0.1) is 0 Å². The van der Waals surface area contributed by atoms with Crippen LogP contribution in [-0.4, -0.2) is 64.3 Å². The molecule has 2 rings (SSSR count). The number of aliphatic carboxylic acids is 1. The van der Waals surface area contributed by atoms with Crippen LogP contribution in [0.2, 0.25) is 0 Å². The van der Waals surface area contributed by atoms with Gasteiger partial charge in [0, 0.05) is 26.1 Å². The van der Waals surface area contributed by atoms with E-state index in [4.69, 9.17) is 5.11 Å². The van der Waals surface area contributed by atoms with Gasteiger partial charge in [0.05, 0.1) is 12.6 Å². The Morgan fingerprint density at radius 1 is 1.26 bits per heavy atom. The second-order valence-electron chi connectivity index (χ2n) is 5.69. The summed E-state index contributed by atoms with van der Waals surface area (Å²) < 4.78 is 0. The molecule has 6 nitrogen and oxygen atoms in total. The lowest BCUT2D eigenvalue weighted by Crippen LogP contribution is -2.46. The number of amides is 2. The molecule has 0 spiro atoms. The number of urea groups is 1. The summed E-state index contributed by atoms with van der Waals surface area (Å²) in [6, 6.07) is -0.137. The summed E-state index contributed by atoms with van der Waals surface area (Å²) in [7, 11) is 0. The van der Waals surface area contributed by atoms with Gasteiger partial charge in [-0.2, -0.15) is 0 Å². The molecule has 3 atom stereocenters. The van der Waals surface area contributed by atoms with Gasteiger partial charge in [-0.3, -0.25) is 4.79 Å². The lowest BCUT2D eigenvalue weighted by atomic mass is 10.0. The van der Waals surface area contributed by atoms with Crippen LogP contribution in [0.1, 0.15) is 26.2 Å². The number of rotatable bonds is 3. The van der Waals surface area contributed by atoms with Crippen molar-refractivity contribution < 1.29 is 19.8 Å². The van der Waals surface area contributed by atoms with E-state index in [-0.39, 0.29) is 31.0 Å². The van der Waals surface area contributed by atoms with E-state index in [9.17, 15) is 14.7 Å². The van der Waals surface area contributed by atoms with Crippen LogP contribution in [0, 0.1) is 11.8 Å². The summed E-state index contributed by atoms with van der Waals surface area (Å²) in [5.41, 5.74) is 0. The van der Waals surface area contributed by atoms with Crippen molar-refractivity contribution in [3.8, 4) is 0 Å². The van der Waals surface area contributed by atoms with E-state index in [1.54, 1.807) is 9.80 Å². The number of likely N-dealkylation sites (tertiary alicyclic amines) is 2. The molecule has 2 saturated heterocycles. The van der Waals surface area contributed by atoms with Crippen LogP contribution >= 0.6 is 0 Å². The number of carboxylic acids is 1. The van der Waals surface area contributed by atoms with Gasteiger partial charge in [-0.05, 0) is 24.7 Å². The van der Waals surface area contributed by atoms with Gasteiger partial charge >= 0.3 is 12.0 Å². The minimum Gasteiger partial charge on any atom is -0.481 e. The molecule has 0 radical (unpaired) electrons. The average molecular weight is 270 g/mol. The number of carbonyl (C=O) groups excluding carboxylic acids is 1. The number of carboxylic acid groups (broad SMARTS) is 1. The number of nitrogens with zero attached hydrogens (tertiary/aromatic N) is 2. The molecule has 108 valence electrons. The maximum atomic E-state index is 12.4. The molecule has 2 amide bonds. The second-order valence-corrected chi connectivity index (χ2v) is 5.69. The summed E-state index contributed by atoms with van der Waals surface area (Å²) >= 11 is 0. The quantitative estimate of drug-likeness (QED) is 0.787. The normalized spacial score (nSPS) is 30.9. The Labute approximate surface area is 113 Å². The zero-order valence-corrected chi connectivity index (χ0v) is 11.3. The Bertz CT molecular complexity index is 361. The molecule has 19 heavy (non-hydrogen) atoms. The van der Waals surface area contributed by atoms with Crippen LogP contribution in [0.15, 0.2) is 0 Å². The van der Waals surface area contributed by atoms with Gasteiger partial charge in [0.2, 0.25) is 0 Å². The minimum absolute atomic E-state index is 0.000693. The van der Waals surface area contributed by atoms with Crippen molar-refractivity contribution in [2.24, 2.45) is 11.8 Å². The molecule has 2 heterocycles. The largest absolute Gasteiger partial charge is 0.481 e. The number of hydrogen-bond acceptors (Lipinski definition) is 3. The van der Waals surface area contributed by atoms with Gasteiger partial charge in [0.1, 0.15) is 0 Å². The lowest BCUT2D eigenvalue weighted by molar-refractivity contribution is -0.138. The first kappa shape index (κ1) is 14.1. The predicted molar refractivity (Wildman–Crippen MR) is 68.7 cm³/mol. The number of aliphatic hydroxyl groups excluding tert-OH is 1. The maximum Gasteiger partial charge on any atom is 0.320 e. The summed E-state index contributed by atoms with van der Waals surface area (Å²) in [6.45, 7) is 3.88. The van der Waals surface area contributed by atoms with Gasteiger partial charge in [0.25, 0.3) is 0 Å². The van der Waals surface area contributed by atoms with E-state index in [0.717, 1.165) is 12.8 Å². The summed E-state index contributed by atoms with van der Waals surface area (Å²) in [5, 5.41) is 18.2. The highest BCUT2D eigenvalue weighted by atomic mass is 16.4. The van der Waals surface area contributed by atoms with Crippen LogP contribution in [0.25, 0.3) is 0 Å². The fourth-order valence-corrected chi connectivity index (χ4v) is 3.13. The first-order chi connectivity index (χ1) is 9.02. The molecule has 0 saturated carbocycles. The third-order valence-electron chi connectivity index (χ3n) is 4.33. The molecule has 0 aliphatic carbocycles. The summed E-state index contributed by atoms with van der Waals surface area (Å²) in [5.74, 6) is -0.414. The summed E-state index contributed by atoms with van der Waals surface area (Å²) in [6.07, 6.45) is 1.80. The first-order valence-corrected chi connectivity index (χ1v) is 6.91. The highest BCUT2D eigenvalue weighted by molar-refractivity contribution is 5.76. The van der Waals surface area contributed by atoms with Crippen molar-refractivity contribution in [2.75, 3.05) is 26.2 Å².